The number of benzene rings is 4. The molecule has 0 radical (unpaired) electrons. The highest BCUT2D eigenvalue weighted by Crippen LogP contribution is 2.29. The molecular formula is C31H25N3O5. The minimum absolute atomic E-state index is 0.250. The molecule has 0 saturated carbocycles. The maximum Gasteiger partial charge on any atom is 0.343 e. The number of ether oxygens (including phenoxy) is 3. The third-order valence-electron chi connectivity index (χ3n) is 6.07. The zero-order valence-electron chi connectivity index (χ0n) is 21.6. The molecule has 0 spiro atoms. The molecule has 0 N–H and O–H groups in total. The molecule has 39 heavy (non-hydrogen) atoms. The molecule has 5 rings (SSSR count). The molecule has 1 heterocycles. The van der Waals surface area contributed by atoms with E-state index in [2.05, 4.69) is 5.10 Å². The van der Waals surface area contributed by atoms with Crippen LogP contribution in [0, 0.1) is 6.92 Å². The molecule has 4 aromatic carbocycles. The first-order valence-corrected chi connectivity index (χ1v) is 12.1. The van der Waals surface area contributed by atoms with E-state index in [4.69, 9.17) is 19.2 Å². The van der Waals surface area contributed by atoms with E-state index >= 15 is 0 Å². The maximum atomic E-state index is 13.4. The largest absolute Gasteiger partial charge is 0.497 e. The molecule has 8 nitrogen and oxygen atoms in total. The van der Waals surface area contributed by atoms with Crippen LogP contribution in [0.1, 0.15) is 21.5 Å². The van der Waals surface area contributed by atoms with E-state index in [1.54, 1.807) is 67.8 Å². The summed E-state index contributed by atoms with van der Waals surface area (Å²) in [6.07, 6.45) is 1.54. The zero-order valence-corrected chi connectivity index (χ0v) is 21.6. The predicted octanol–water partition coefficient (Wildman–Crippen LogP) is 5.49. The minimum Gasteiger partial charge on any atom is -0.497 e. The summed E-state index contributed by atoms with van der Waals surface area (Å²) in [5.74, 6) is 1.12. The molecule has 0 atom stereocenters. The minimum atomic E-state index is -0.533. The fraction of sp³-hybridized carbons (Fsp3) is 0.0968. The third-order valence-corrected chi connectivity index (χ3v) is 6.07. The van der Waals surface area contributed by atoms with Gasteiger partial charge in [-0.25, -0.2) is 9.78 Å². The van der Waals surface area contributed by atoms with Crippen molar-refractivity contribution in [1.29, 1.82) is 0 Å². The molecule has 0 bridgehead atoms. The number of carbonyl (C=O) groups is 1. The molecule has 194 valence electrons. The lowest BCUT2D eigenvalue weighted by Gasteiger charge is -2.11. The smallest absolute Gasteiger partial charge is 0.343 e. The van der Waals surface area contributed by atoms with Crippen molar-refractivity contribution in [3.8, 4) is 28.6 Å². The summed E-state index contributed by atoms with van der Waals surface area (Å²) in [4.78, 5) is 30.8. The van der Waals surface area contributed by atoms with Crippen molar-refractivity contribution in [2.45, 2.75) is 6.92 Å². The standard InChI is InChI=1S/C31H25N3O5/c1-20-7-6-8-23(17-20)29-33-26-10-5-4-9-25(26)30(35)34(29)32-19-21-11-16-27(28(18-21)38-3)39-31(36)22-12-14-24(37-2)15-13-22/h4-19H,1-3H3. The number of rotatable bonds is 7. The summed E-state index contributed by atoms with van der Waals surface area (Å²) in [5.41, 5.74) is 3.12. The lowest BCUT2D eigenvalue weighted by Crippen LogP contribution is -2.20. The van der Waals surface area contributed by atoms with Crippen LogP contribution < -0.4 is 19.8 Å². The summed E-state index contributed by atoms with van der Waals surface area (Å²) in [7, 11) is 3.04. The second-order valence-corrected chi connectivity index (χ2v) is 8.71. The van der Waals surface area contributed by atoms with E-state index in [0.717, 1.165) is 11.1 Å². The van der Waals surface area contributed by atoms with Gasteiger partial charge >= 0.3 is 5.97 Å². The highest BCUT2D eigenvalue weighted by atomic mass is 16.6. The van der Waals surface area contributed by atoms with Crippen LogP contribution in [0.25, 0.3) is 22.3 Å². The lowest BCUT2D eigenvalue weighted by atomic mass is 10.1. The monoisotopic (exact) mass is 519 g/mol. The van der Waals surface area contributed by atoms with E-state index in [1.165, 1.54) is 18.0 Å². The first-order valence-electron chi connectivity index (χ1n) is 12.1. The Morgan fingerprint density at radius 2 is 1.67 bits per heavy atom. The Morgan fingerprint density at radius 3 is 2.41 bits per heavy atom. The van der Waals surface area contributed by atoms with Gasteiger partial charge in [-0.1, -0.05) is 35.9 Å². The normalized spacial score (nSPS) is 11.1. The average Bonchev–Trinajstić information content (AvgIpc) is 2.97. The van der Waals surface area contributed by atoms with Gasteiger partial charge in [0.05, 0.1) is 36.9 Å². The summed E-state index contributed by atoms with van der Waals surface area (Å²) in [6, 6.07) is 26.5. The van der Waals surface area contributed by atoms with E-state index in [-0.39, 0.29) is 11.3 Å². The first kappa shape index (κ1) is 25.4. The Balaban J connectivity index is 1.48. The van der Waals surface area contributed by atoms with Gasteiger partial charge < -0.3 is 14.2 Å². The SMILES string of the molecule is COc1ccc(C(=O)Oc2ccc(C=Nn3c(-c4cccc(C)c4)nc4ccccc4c3=O)cc2OC)cc1. The van der Waals surface area contributed by atoms with E-state index in [1.807, 2.05) is 37.3 Å². The van der Waals surface area contributed by atoms with Gasteiger partial charge in [0.15, 0.2) is 17.3 Å². The molecule has 0 amide bonds. The molecule has 8 heteroatoms. The Labute approximate surface area is 224 Å². The molecule has 0 unspecified atom stereocenters. The molecular weight excluding hydrogens is 494 g/mol. The van der Waals surface area contributed by atoms with E-state index in [9.17, 15) is 9.59 Å². The van der Waals surface area contributed by atoms with Crippen LogP contribution >= 0.6 is 0 Å². The first-order chi connectivity index (χ1) is 19.0. The Kier molecular flexibility index (Phi) is 7.18. The van der Waals surface area contributed by atoms with Gasteiger partial charge in [-0.05, 0) is 73.2 Å². The molecule has 0 aliphatic rings. The lowest BCUT2D eigenvalue weighted by molar-refractivity contribution is 0.0729. The van der Waals surface area contributed by atoms with Crippen LogP contribution in [0.15, 0.2) is 101 Å². The van der Waals surface area contributed by atoms with Crippen LogP contribution in [-0.4, -0.2) is 36.1 Å². The summed E-state index contributed by atoms with van der Waals surface area (Å²) < 4.78 is 17.4. The number of esters is 1. The van der Waals surface area contributed by atoms with Crippen molar-refractivity contribution in [3.63, 3.8) is 0 Å². The number of hydrogen-bond acceptors (Lipinski definition) is 7. The highest BCUT2D eigenvalue weighted by molar-refractivity contribution is 5.92. The van der Waals surface area contributed by atoms with Gasteiger partial charge in [-0.15, -0.1) is 0 Å². The van der Waals surface area contributed by atoms with Crippen LogP contribution in [0.3, 0.4) is 0 Å². The van der Waals surface area contributed by atoms with Crippen molar-refractivity contribution in [1.82, 2.24) is 9.66 Å². The molecule has 0 saturated heterocycles. The average molecular weight is 520 g/mol. The number of methoxy groups -OCH3 is 2. The zero-order chi connectivity index (χ0) is 27.4. The number of aromatic nitrogens is 2. The van der Waals surface area contributed by atoms with Gasteiger partial charge in [0, 0.05) is 5.56 Å². The van der Waals surface area contributed by atoms with Crippen molar-refractivity contribution >= 4 is 23.1 Å². The van der Waals surface area contributed by atoms with Gasteiger partial charge in [0.2, 0.25) is 0 Å². The fourth-order valence-corrected chi connectivity index (χ4v) is 4.06. The van der Waals surface area contributed by atoms with Crippen LogP contribution in [0.4, 0.5) is 0 Å². The van der Waals surface area contributed by atoms with Gasteiger partial charge in [0.1, 0.15) is 5.75 Å². The summed E-state index contributed by atoms with van der Waals surface area (Å²) >= 11 is 0. The number of hydrogen-bond donors (Lipinski definition) is 0. The van der Waals surface area contributed by atoms with Gasteiger partial charge in [0.25, 0.3) is 5.56 Å². The topological polar surface area (TPSA) is 92.0 Å². The Hall–Kier alpha value is -5.24. The molecule has 1 aromatic heterocycles. The van der Waals surface area contributed by atoms with Crippen LogP contribution in [0.2, 0.25) is 0 Å². The van der Waals surface area contributed by atoms with Crippen molar-refractivity contribution in [3.05, 3.63) is 118 Å². The number of nitrogens with zero attached hydrogens (tertiary/aromatic N) is 3. The highest BCUT2D eigenvalue weighted by Gasteiger charge is 2.15. The molecule has 5 aromatic rings. The number of aryl methyl sites for hydroxylation is 1. The number of fused-ring (bicyclic) bond motifs is 1. The molecule has 0 aliphatic carbocycles. The summed E-state index contributed by atoms with van der Waals surface area (Å²) in [6.45, 7) is 1.98. The molecule has 0 fully saturated rings. The van der Waals surface area contributed by atoms with Crippen LogP contribution in [0.5, 0.6) is 17.2 Å². The number of para-hydroxylation sites is 1. The second-order valence-electron chi connectivity index (χ2n) is 8.71. The number of carbonyl (C=O) groups excluding carboxylic acids is 1. The van der Waals surface area contributed by atoms with Gasteiger partial charge in [-0.3, -0.25) is 4.79 Å². The fourth-order valence-electron chi connectivity index (χ4n) is 4.06. The molecule has 0 aliphatic heterocycles. The Morgan fingerprint density at radius 1 is 0.872 bits per heavy atom. The maximum absolute atomic E-state index is 13.4. The van der Waals surface area contributed by atoms with Gasteiger partial charge in [-0.2, -0.15) is 9.78 Å². The van der Waals surface area contributed by atoms with E-state index in [0.29, 0.717) is 39.4 Å². The second kappa shape index (κ2) is 11.0. The van der Waals surface area contributed by atoms with Crippen molar-refractivity contribution < 1.29 is 19.0 Å². The quantitative estimate of drug-likeness (QED) is 0.160. The predicted molar refractivity (Wildman–Crippen MR) is 150 cm³/mol. The van der Waals surface area contributed by atoms with Crippen molar-refractivity contribution in [2.75, 3.05) is 14.2 Å². The van der Waals surface area contributed by atoms with E-state index < -0.39 is 5.97 Å². The van der Waals surface area contributed by atoms with Crippen LogP contribution in [-0.2, 0) is 0 Å². The Bertz CT molecular complexity index is 1760. The summed E-state index contributed by atoms with van der Waals surface area (Å²) in [5, 5.41) is 4.97. The van der Waals surface area contributed by atoms with Crippen molar-refractivity contribution in [2.24, 2.45) is 5.10 Å². The third kappa shape index (κ3) is 5.40.